The van der Waals surface area contributed by atoms with Crippen LogP contribution in [0.25, 0.3) is 0 Å². The molecule has 0 spiro atoms. The highest BCUT2D eigenvalue weighted by atomic mass is 16.4. The smallest absolute Gasteiger partial charge is 0.303 e. The van der Waals surface area contributed by atoms with Gasteiger partial charge in [-0.1, -0.05) is 0 Å². The van der Waals surface area contributed by atoms with E-state index in [0.717, 1.165) is 0 Å². The first-order valence-corrected chi connectivity index (χ1v) is 4.48. The van der Waals surface area contributed by atoms with Crippen LogP contribution in [0.5, 0.6) is 0 Å². The number of H-pyrrole nitrogens is 1. The fraction of sp³-hybridized carbons (Fsp3) is 0.500. The van der Waals surface area contributed by atoms with Gasteiger partial charge in [-0.15, -0.1) is 0 Å². The average Bonchev–Trinajstić information content (AvgIpc) is 2.67. The Labute approximate surface area is 85.9 Å². The first-order chi connectivity index (χ1) is 7.09. The molecule has 1 rings (SSSR count). The molecule has 7 heteroatoms. The highest BCUT2D eigenvalue weighted by molar-refractivity contribution is 5.91. The molecule has 1 heterocycles. The molecule has 0 bridgehead atoms. The number of hydrogen-bond acceptors (Lipinski definition) is 4. The number of aromatic nitrogens is 3. The third kappa shape index (κ3) is 3.75. The summed E-state index contributed by atoms with van der Waals surface area (Å²) in [5, 5.41) is 20.5. The lowest BCUT2D eigenvalue weighted by Crippen LogP contribution is -2.33. The molecule has 0 saturated heterocycles. The summed E-state index contributed by atoms with van der Waals surface area (Å²) in [6.07, 6.45) is 1.72. The van der Waals surface area contributed by atoms with E-state index in [4.69, 9.17) is 5.11 Å². The number of carbonyl (C=O) groups excluding carboxylic acids is 1. The van der Waals surface area contributed by atoms with Gasteiger partial charge in [-0.25, -0.2) is 0 Å². The number of nitrogens with one attached hydrogen (secondary N) is 2. The first-order valence-electron chi connectivity index (χ1n) is 4.48. The number of carbonyl (C=O) groups is 2. The SMILES string of the molecule is CC(CCC(=O)O)NC(=O)c1cn[nH]n1. The number of carboxylic acids is 1. The summed E-state index contributed by atoms with van der Waals surface area (Å²) >= 11 is 0. The van der Waals surface area contributed by atoms with Crippen molar-refractivity contribution in [3.05, 3.63) is 11.9 Å². The fourth-order valence-electron chi connectivity index (χ4n) is 1.02. The van der Waals surface area contributed by atoms with Gasteiger partial charge in [-0.3, -0.25) is 9.59 Å². The Morgan fingerprint density at radius 3 is 2.93 bits per heavy atom. The van der Waals surface area contributed by atoms with Gasteiger partial charge < -0.3 is 10.4 Å². The van der Waals surface area contributed by atoms with Gasteiger partial charge >= 0.3 is 5.97 Å². The van der Waals surface area contributed by atoms with Crippen LogP contribution in [0.4, 0.5) is 0 Å². The van der Waals surface area contributed by atoms with Gasteiger partial charge in [0.1, 0.15) is 0 Å². The van der Waals surface area contributed by atoms with Crippen molar-refractivity contribution in [2.75, 3.05) is 0 Å². The van der Waals surface area contributed by atoms with Crippen molar-refractivity contribution < 1.29 is 14.7 Å². The summed E-state index contributed by atoms with van der Waals surface area (Å²) in [5.41, 5.74) is 0.192. The molecular weight excluding hydrogens is 200 g/mol. The molecule has 0 aliphatic carbocycles. The van der Waals surface area contributed by atoms with Crippen molar-refractivity contribution in [2.24, 2.45) is 0 Å². The van der Waals surface area contributed by atoms with Crippen molar-refractivity contribution in [2.45, 2.75) is 25.8 Å². The second-order valence-electron chi connectivity index (χ2n) is 3.16. The van der Waals surface area contributed by atoms with E-state index >= 15 is 0 Å². The van der Waals surface area contributed by atoms with E-state index in [-0.39, 0.29) is 24.1 Å². The van der Waals surface area contributed by atoms with Crippen LogP contribution in [-0.4, -0.2) is 38.4 Å². The number of amides is 1. The molecule has 0 aliphatic rings. The summed E-state index contributed by atoms with van der Waals surface area (Å²) in [6, 6.07) is -0.203. The molecule has 0 aliphatic heterocycles. The maximum atomic E-state index is 11.4. The van der Waals surface area contributed by atoms with Crippen molar-refractivity contribution >= 4 is 11.9 Å². The number of nitrogens with zero attached hydrogens (tertiary/aromatic N) is 2. The number of aromatic amines is 1. The second-order valence-corrected chi connectivity index (χ2v) is 3.16. The number of hydrogen-bond donors (Lipinski definition) is 3. The zero-order valence-corrected chi connectivity index (χ0v) is 8.23. The van der Waals surface area contributed by atoms with Gasteiger partial charge in [0.25, 0.3) is 5.91 Å². The molecule has 15 heavy (non-hydrogen) atoms. The Kier molecular flexibility index (Phi) is 3.78. The van der Waals surface area contributed by atoms with Crippen LogP contribution >= 0.6 is 0 Å². The van der Waals surface area contributed by atoms with Crippen LogP contribution in [-0.2, 0) is 4.79 Å². The Morgan fingerprint density at radius 2 is 2.40 bits per heavy atom. The van der Waals surface area contributed by atoms with Crippen LogP contribution in [0, 0.1) is 0 Å². The maximum Gasteiger partial charge on any atom is 0.303 e. The van der Waals surface area contributed by atoms with Crippen molar-refractivity contribution in [1.29, 1.82) is 0 Å². The Morgan fingerprint density at radius 1 is 1.67 bits per heavy atom. The van der Waals surface area contributed by atoms with Crippen LogP contribution in [0.3, 0.4) is 0 Å². The topological polar surface area (TPSA) is 108 Å². The minimum absolute atomic E-state index is 0.0280. The molecule has 1 aromatic rings. The number of rotatable bonds is 5. The molecule has 1 amide bonds. The molecule has 1 atom stereocenters. The van der Waals surface area contributed by atoms with Crippen molar-refractivity contribution in [3.63, 3.8) is 0 Å². The van der Waals surface area contributed by atoms with Crippen molar-refractivity contribution in [3.8, 4) is 0 Å². The molecule has 0 fully saturated rings. The first kappa shape index (κ1) is 11.2. The van der Waals surface area contributed by atoms with Gasteiger partial charge in [0, 0.05) is 12.5 Å². The molecule has 7 nitrogen and oxygen atoms in total. The summed E-state index contributed by atoms with van der Waals surface area (Å²) in [4.78, 5) is 21.7. The summed E-state index contributed by atoms with van der Waals surface area (Å²) in [5.74, 6) is -1.24. The van der Waals surface area contributed by atoms with E-state index in [2.05, 4.69) is 20.7 Å². The third-order valence-corrected chi connectivity index (χ3v) is 1.82. The summed E-state index contributed by atoms with van der Waals surface area (Å²) < 4.78 is 0. The molecule has 0 saturated carbocycles. The Hall–Kier alpha value is -1.92. The van der Waals surface area contributed by atoms with E-state index in [1.807, 2.05) is 0 Å². The zero-order valence-electron chi connectivity index (χ0n) is 8.23. The predicted octanol–water partition coefficient (Wildman–Crippen LogP) is -0.212. The van der Waals surface area contributed by atoms with Gasteiger partial charge in [-0.05, 0) is 13.3 Å². The van der Waals surface area contributed by atoms with Crippen LogP contribution in [0.2, 0.25) is 0 Å². The molecular formula is C8H12N4O3. The zero-order chi connectivity index (χ0) is 11.3. The Balaban J connectivity index is 2.35. The van der Waals surface area contributed by atoms with Gasteiger partial charge in [0.2, 0.25) is 0 Å². The quantitative estimate of drug-likeness (QED) is 0.625. The molecule has 0 aromatic carbocycles. The third-order valence-electron chi connectivity index (χ3n) is 1.82. The maximum absolute atomic E-state index is 11.4. The van der Waals surface area contributed by atoms with E-state index in [1.54, 1.807) is 6.92 Å². The van der Waals surface area contributed by atoms with Gasteiger partial charge in [0.05, 0.1) is 6.20 Å². The van der Waals surface area contributed by atoms with Crippen LogP contribution < -0.4 is 5.32 Å². The average molecular weight is 212 g/mol. The monoisotopic (exact) mass is 212 g/mol. The molecule has 0 radical (unpaired) electrons. The lowest BCUT2D eigenvalue weighted by molar-refractivity contribution is -0.137. The van der Waals surface area contributed by atoms with E-state index in [9.17, 15) is 9.59 Å². The molecule has 1 aromatic heterocycles. The van der Waals surface area contributed by atoms with E-state index in [1.165, 1.54) is 6.20 Å². The van der Waals surface area contributed by atoms with Crippen LogP contribution in [0.1, 0.15) is 30.3 Å². The highest BCUT2D eigenvalue weighted by Gasteiger charge is 2.12. The normalized spacial score (nSPS) is 12.1. The van der Waals surface area contributed by atoms with Crippen LogP contribution in [0.15, 0.2) is 6.20 Å². The number of carboxylic acid groups (broad SMARTS) is 1. The largest absolute Gasteiger partial charge is 0.481 e. The predicted molar refractivity (Wildman–Crippen MR) is 50.2 cm³/mol. The summed E-state index contributed by atoms with van der Waals surface area (Å²) in [6.45, 7) is 1.74. The molecule has 82 valence electrons. The van der Waals surface area contributed by atoms with Gasteiger partial charge in [-0.2, -0.15) is 15.4 Å². The minimum atomic E-state index is -0.877. The fourth-order valence-corrected chi connectivity index (χ4v) is 1.02. The number of aliphatic carboxylic acids is 1. The van der Waals surface area contributed by atoms with E-state index < -0.39 is 5.97 Å². The molecule has 1 unspecified atom stereocenters. The lowest BCUT2D eigenvalue weighted by atomic mass is 10.2. The second kappa shape index (κ2) is 5.08. The summed E-state index contributed by atoms with van der Waals surface area (Å²) in [7, 11) is 0. The minimum Gasteiger partial charge on any atom is -0.481 e. The highest BCUT2D eigenvalue weighted by Crippen LogP contribution is 1.98. The van der Waals surface area contributed by atoms with E-state index in [0.29, 0.717) is 6.42 Å². The Bertz CT molecular complexity index is 336. The molecule has 3 N–H and O–H groups in total. The van der Waals surface area contributed by atoms with Crippen molar-refractivity contribution in [1.82, 2.24) is 20.7 Å². The van der Waals surface area contributed by atoms with Gasteiger partial charge in [0.15, 0.2) is 5.69 Å². The lowest BCUT2D eigenvalue weighted by Gasteiger charge is -2.10. The standard InChI is InChI=1S/C8H12N4O3/c1-5(2-3-7(13)14)10-8(15)6-4-9-12-11-6/h4-5H,2-3H2,1H3,(H,10,15)(H,13,14)(H,9,11,12).